The number of nitrogens with one attached hydrogen (secondary N) is 2. The van der Waals surface area contributed by atoms with Crippen molar-refractivity contribution in [3.8, 4) is 11.1 Å². The third-order valence-corrected chi connectivity index (χ3v) is 5.77. The molecule has 2 aromatic rings. The van der Waals surface area contributed by atoms with Gasteiger partial charge >= 0.3 is 0 Å². The second-order valence-electron chi connectivity index (χ2n) is 10.4. The summed E-state index contributed by atoms with van der Waals surface area (Å²) in [5, 5.41) is 16.4. The van der Waals surface area contributed by atoms with E-state index in [1.54, 1.807) is 19.8 Å². The number of hydrogen-bond donors (Lipinski definition) is 3. The second kappa shape index (κ2) is 11.4. The molecule has 2 amide bonds. The SMILES string of the molecule is CB(O)C[C@H](Cc1ccc(-c2cc(Cl)ccc2F)cc1)CC(C)(NC(C)=O)C(=O)NC(C)(C)C. The summed E-state index contributed by atoms with van der Waals surface area (Å²) < 4.78 is 14.2. The number of hydrogen-bond acceptors (Lipinski definition) is 3. The van der Waals surface area contributed by atoms with Crippen molar-refractivity contribution in [2.24, 2.45) is 5.92 Å². The molecule has 0 aliphatic heterocycles. The molecule has 2 atom stereocenters. The van der Waals surface area contributed by atoms with Crippen LogP contribution in [0.4, 0.5) is 4.39 Å². The van der Waals surface area contributed by atoms with Crippen molar-refractivity contribution in [3.63, 3.8) is 0 Å². The summed E-state index contributed by atoms with van der Waals surface area (Å²) in [6.45, 7) is 9.90. The van der Waals surface area contributed by atoms with Crippen LogP contribution in [0.2, 0.25) is 18.2 Å². The highest BCUT2D eigenvalue weighted by molar-refractivity contribution is 6.48. The van der Waals surface area contributed by atoms with Gasteiger partial charge in [-0.05, 0) is 82.1 Å². The molecule has 34 heavy (non-hydrogen) atoms. The molecule has 8 heteroatoms. The third kappa shape index (κ3) is 8.44. The highest BCUT2D eigenvalue weighted by atomic mass is 35.5. The Morgan fingerprint density at radius 2 is 1.71 bits per heavy atom. The number of amides is 2. The summed E-state index contributed by atoms with van der Waals surface area (Å²) in [7, 11) is 0. The van der Waals surface area contributed by atoms with Crippen LogP contribution in [0, 0.1) is 11.7 Å². The van der Waals surface area contributed by atoms with Crippen molar-refractivity contribution < 1.29 is 19.0 Å². The predicted octanol–water partition coefficient (Wildman–Crippen LogP) is 5.12. The van der Waals surface area contributed by atoms with Crippen molar-refractivity contribution >= 4 is 30.3 Å². The molecule has 0 aliphatic carbocycles. The van der Waals surface area contributed by atoms with Crippen LogP contribution in [-0.4, -0.2) is 34.8 Å². The summed E-state index contributed by atoms with van der Waals surface area (Å²) in [6, 6.07) is 11.9. The van der Waals surface area contributed by atoms with Crippen LogP contribution < -0.4 is 10.6 Å². The van der Waals surface area contributed by atoms with E-state index in [1.807, 2.05) is 45.0 Å². The minimum absolute atomic E-state index is 0.0867. The van der Waals surface area contributed by atoms with Gasteiger partial charge < -0.3 is 15.7 Å². The maximum absolute atomic E-state index is 14.2. The van der Waals surface area contributed by atoms with Crippen molar-refractivity contribution in [1.82, 2.24) is 10.6 Å². The topological polar surface area (TPSA) is 78.4 Å². The van der Waals surface area contributed by atoms with Crippen molar-refractivity contribution in [2.45, 2.75) is 71.7 Å². The molecule has 2 rings (SSSR count). The quantitative estimate of drug-likeness (QED) is 0.429. The monoisotopic (exact) mass is 488 g/mol. The minimum Gasteiger partial charge on any atom is -0.451 e. The molecule has 0 fully saturated rings. The van der Waals surface area contributed by atoms with E-state index in [2.05, 4.69) is 10.6 Å². The first-order valence-electron chi connectivity index (χ1n) is 11.5. The first-order chi connectivity index (χ1) is 15.7. The van der Waals surface area contributed by atoms with Crippen molar-refractivity contribution in [3.05, 3.63) is 58.9 Å². The number of halogens is 2. The number of rotatable bonds is 9. The fraction of sp³-hybridized carbons (Fsp3) is 0.462. The lowest BCUT2D eigenvalue weighted by Crippen LogP contribution is -2.60. The van der Waals surface area contributed by atoms with Crippen LogP contribution in [0.3, 0.4) is 0 Å². The Kier molecular flexibility index (Phi) is 9.32. The predicted molar refractivity (Wildman–Crippen MR) is 137 cm³/mol. The molecular weight excluding hydrogens is 454 g/mol. The lowest BCUT2D eigenvalue weighted by Gasteiger charge is -2.36. The van der Waals surface area contributed by atoms with Gasteiger partial charge in [-0.25, -0.2) is 4.39 Å². The number of carbonyl (C=O) groups is 2. The summed E-state index contributed by atoms with van der Waals surface area (Å²) in [5.74, 6) is -0.996. The van der Waals surface area contributed by atoms with Crippen LogP contribution >= 0.6 is 11.6 Å². The van der Waals surface area contributed by atoms with Crippen LogP contribution in [-0.2, 0) is 16.0 Å². The Labute approximate surface area is 207 Å². The average Bonchev–Trinajstić information content (AvgIpc) is 2.68. The van der Waals surface area contributed by atoms with Gasteiger partial charge in [0.2, 0.25) is 11.8 Å². The zero-order chi connectivity index (χ0) is 25.7. The third-order valence-electron chi connectivity index (χ3n) is 5.53. The Bertz CT molecular complexity index is 1010. The zero-order valence-corrected chi connectivity index (χ0v) is 21.6. The van der Waals surface area contributed by atoms with Gasteiger partial charge in [0.05, 0.1) is 0 Å². The molecule has 1 unspecified atom stereocenters. The largest absolute Gasteiger partial charge is 0.451 e. The molecule has 0 saturated heterocycles. The Hall–Kier alpha value is -2.38. The molecular formula is C26H35BClFN2O3. The van der Waals surface area contributed by atoms with Crippen LogP contribution in [0.1, 0.15) is 46.6 Å². The van der Waals surface area contributed by atoms with Gasteiger partial charge in [-0.2, -0.15) is 0 Å². The average molecular weight is 489 g/mol. The fourth-order valence-corrected chi connectivity index (χ4v) is 4.41. The summed E-state index contributed by atoms with van der Waals surface area (Å²) in [4.78, 5) is 25.1. The van der Waals surface area contributed by atoms with Gasteiger partial charge in [-0.1, -0.05) is 42.7 Å². The molecule has 3 N–H and O–H groups in total. The summed E-state index contributed by atoms with van der Waals surface area (Å²) >= 11 is 6.03. The Morgan fingerprint density at radius 3 is 2.24 bits per heavy atom. The molecule has 0 aliphatic rings. The minimum atomic E-state index is -1.14. The first-order valence-corrected chi connectivity index (χ1v) is 11.9. The smallest absolute Gasteiger partial charge is 0.286 e. The Morgan fingerprint density at radius 1 is 1.09 bits per heavy atom. The normalized spacial score (nSPS) is 14.1. The molecule has 0 bridgehead atoms. The summed E-state index contributed by atoms with van der Waals surface area (Å²) in [6.07, 6.45) is 1.40. The van der Waals surface area contributed by atoms with Crippen LogP contribution in [0.15, 0.2) is 42.5 Å². The first kappa shape index (κ1) is 27.9. The molecule has 184 valence electrons. The molecule has 0 heterocycles. The van der Waals surface area contributed by atoms with Gasteiger partial charge in [0.15, 0.2) is 0 Å². The van der Waals surface area contributed by atoms with E-state index < -0.39 is 18.0 Å². The van der Waals surface area contributed by atoms with Crippen LogP contribution in [0.25, 0.3) is 11.1 Å². The van der Waals surface area contributed by atoms with E-state index in [1.165, 1.54) is 19.1 Å². The fourth-order valence-electron chi connectivity index (χ4n) is 4.24. The molecule has 0 spiro atoms. The summed E-state index contributed by atoms with van der Waals surface area (Å²) in [5.41, 5.74) is 0.531. The van der Waals surface area contributed by atoms with Crippen LogP contribution in [0.5, 0.6) is 0 Å². The molecule has 2 aromatic carbocycles. The van der Waals surface area contributed by atoms with E-state index in [-0.39, 0.29) is 23.5 Å². The zero-order valence-electron chi connectivity index (χ0n) is 20.8. The molecule has 0 aromatic heterocycles. The Balaban J connectivity index is 2.27. The van der Waals surface area contributed by atoms with Crippen molar-refractivity contribution in [2.75, 3.05) is 0 Å². The number of benzene rings is 2. The van der Waals surface area contributed by atoms with E-state index in [0.717, 1.165) is 5.56 Å². The maximum atomic E-state index is 14.2. The van der Waals surface area contributed by atoms with E-state index in [9.17, 15) is 19.0 Å². The van der Waals surface area contributed by atoms with E-state index in [0.29, 0.717) is 35.3 Å². The molecule has 0 radical (unpaired) electrons. The lowest BCUT2D eigenvalue weighted by molar-refractivity contribution is -0.134. The van der Waals surface area contributed by atoms with Gasteiger partial charge in [-0.3, -0.25) is 9.59 Å². The maximum Gasteiger partial charge on any atom is 0.286 e. The highest BCUT2D eigenvalue weighted by Gasteiger charge is 2.38. The van der Waals surface area contributed by atoms with Gasteiger partial charge in [0.1, 0.15) is 11.4 Å². The van der Waals surface area contributed by atoms with Gasteiger partial charge in [0.25, 0.3) is 6.92 Å². The number of carbonyl (C=O) groups excluding carboxylic acids is 2. The van der Waals surface area contributed by atoms with Gasteiger partial charge in [0, 0.05) is 23.0 Å². The van der Waals surface area contributed by atoms with Crippen molar-refractivity contribution in [1.29, 1.82) is 0 Å². The van der Waals surface area contributed by atoms with Gasteiger partial charge in [-0.15, -0.1) is 0 Å². The highest BCUT2D eigenvalue weighted by Crippen LogP contribution is 2.29. The lowest BCUT2D eigenvalue weighted by atomic mass is 9.61. The van der Waals surface area contributed by atoms with E-state index >= 15 is 0 Å². The standard InChI is InChI=1S/C26H35BClFN2O3/c1-17(32)30-26(5,24(33)31-25(2,3)4)15-19(16-27(6)34)13-18-7-9-20(10-8-18)22-14-21(28)11-12-23(22)29/h7-12,14,19,34H,13,15-16H2,1-6H3,(H,30,32)(H,31,33)/t19-,26?/m1/s1. The van der Waals surface area contributed by atoms with E-state index in [4.69, 9.17) is 11.6 Å². The molecule has 0 saturated carbocycles. The second-order valence-corrected chi connectivity index (χ2v) is 10.8. The molecule has 5 nitrogen and oxygen atoms in total.